The van der Waals surface area contributed by atoms with Gasteiger partial charge in [-0.1, -0.05) is 103 Å². The van der Waals surface area contributed by atoms with Gasteiger partial charge in [-0.15, -0.1) is 0 Å². The predicted molar refractivity (Wildman–Crippen MR) is 176 cm³/mol. The molecular weight excluding hydrogens is 548 g/mol. The maximum absolute atomic E-state index is 14.2. The number of fused-ring (bicyclic) bond motifs is 1. The van der Waals surface area contributed by atoms with Crippen LogP contribution in [0.2, 0.25) is 0 Å². The quantitative estimate of drug-likeness (QED) is 0.172. The van der Waals surface area contributed by atoms with Crippen molar-refractivity contribution in [3.63, 3.8) is 0 Å². The van der Waals surface area contributed by atoms with E-state index in [0.717, 1.165) is 28.4 Å². The van der Waals surface area contributed by atoms with E-state index in [1.165, 1.54) is 0 Å². The first-order chi connectivity index (χ1) is 21.3. The highest BCUT2D eigenvalue weighted by atomic mass is 16.4. The molecule has 1 unspecified atom stereocenters. The van der Waals surface area contributed by atoms with Crippen molar-refractivity contribution in [2.45, 2.75) is 32.2 Å². The molecule has 5 aromatic rings. The maximum atomic E-state index is 14.2. The number of hydrogen-bond acceptors (Lipinski definition) is 3. The minimum Gasteiger partial charge on any atom is -0.481 e. The van der Waals surface area contributed by atoms with Gasteiger partial charge in [0, 0.05) is 36.1 Å². The zero-order valence-electron chi connectivity index (χ0n) is 25.0. The molecule has 0 aliphatic carbocycles. The molecule has 44 heavy (non-hydrogen) atoms. The molecule has 6 heteroatoms. The fraction of sp³-hybridized carbons (Fsp3) is 0.184. The van der Waals surface area contributed by atoms with Crippen LogP contribution in [0.4, 0.5) is 5.69 Å². The topological polar surface area (TPSA) is 77.9 Å². The molecule has 0 aliphatic heterocycles. The number of benzene rings is 5. The molecule has 6 nitrogen and oxygen atoms in total. The summed E-state index contributed by atoms with van der Waals surface area (Å²) in [7, 11) is 1.76. The van der Waals surface area contributed by atoms with Gasteiger partial charge in [0.25, 0.3) is 11.8 Å². The van der Waals surface area contributed by atoms with Crippen LogP contribution < -0.4 is 4.90 Å². The van der Waals surface area contributed by atoms with E-state index in [0.29, 0.717) is 28.7 Å². The summed E-state index contributed by atoms with van der Waals surface area (Å²) < 4.78 is 0. The molecule has 0 aromatic heterocycles. The number of hydrogen-bond donors (Lipinski definition) is 1. The van der Waals surface area contributed by atoms with Crippen LogP contribution in [0.15, 0.2) is 121 Å². The molecule has 1 atom stereocenters. The second kappa shape index (κ2) is 13.8. The Bertz CT molecular complexity index is 1780. The fourth-order valence-corrected chi connectivity index (χ4v) is 5.67. The van der Waals surface area contributed by atoms with Crippen molar-refractivity contribution >= 4 is 34.2 Å². The minimum absolute atomic E-state index is 0.0862. The summed E-state index contributed by atoms with van der Waals surface area (Å²) in [5.41, 5.74) is 4.12. The monoisotopic (exact) mass is 584 g/mol. The predicted octanol–water partition coefficient (Wildman–Crippen LogP) is 7.72. The van der Waals surface area contributed by atoms with Gasteiger partial charge >= 0.3 is 5.97 Å². The first kappa shape index (κ1) is 30.2. The smallest absolute Gasteiger partial charge is 0.305 e. The minimum atomic E-state index is -0.959. The average Bonchev–Trinajstić information content (AvgIpc) is 3.06. The van der Waals surface area contributed by atoms with E-state index >= 15 is 0 Å². The number of rotatable bonds is 11. The first-order valence-electron chi connectivity index (χ1n) is 14.9. The molecule has 0 spiro atoms. The van der Waals surface area contributed by atoms with Gasteiger partial charge in [-0.05, 0) is 60.0 Å². The Morgan fingerprint density at radius 3 is 1.93 bits per heavy atom. The van der Waals surface area contributed by atoms with Crippen LogP contribution >= 0.6 is 0 Å². The van der Waals surface area contributed by atoms with Gasteiger partial charge in [-0.3, -0.25) is 14.4 Å². The van der Waals surface area contributed by atoms with Gasteiger partial charge in [0.2, 0.25) is 0 Å². The highest BCUT2D eigenvalue weighted by Gasteiger charge is 2.27. The maximum Gasteiger partial charge on any atom is 0.305 e. The van der Waals surface area contributed by atoms with Crippen molar-refractivity contribution < 1.29 is 19.5 Å². The molecule has 0 heterocycles. The normalized spacial score (nSPS) is 11.6. The molecule has 0 fully saturated rings. The Labute approximate surface area is 258 Å². The van der Waals surface area contributed by atoms with E-state index in [-0.39, 0.29) is 30.8 Å². The van der Waals surface area contributed by atoms with Crippen molar-refractivity contribution in [2.24, 2.45) is 0 Å². The number of carbonyl (C=O) groups is 3. The lowest BCUT2D eigenvalue weighted by molar-refractivity contribution is -0.137. The van der Waals surface area contributed by atoms with Gasteiger partial charge in [-0.25, -0.2) is 0 Å². The first-order valence-corrected chi connectivity index (χ1v) is 14.9. The summed E-state index contributed by atoms with van der Waals surface area (Å²) in [5, 5.41) is 11.5. The van der Waals surface area contributed by atoms with Crippen LogP contribution in [0, 0.1) is 0 Å². The molecule has 222 valence electrons. The van der Waals surface area contributed by atoms with E-state index < -0.39 is 5.97 Å². The number of aryl methyl sites for hydroxylation is 1. The number of carboxylic acids is 1. The van der Waals surface area contributed by atoms with Crippen molar-refractivity contribution in [1.82, 2.24) is 4.90 Å². The number of aliphatic carboxylic acids is 1. The fourth-order valence-electron chi connectivity index (χ4n) is 5.67. The van der Waals surface area contributed by atoms with Gasteiger partial charge in [-0.2, -0.15) is 0 Å². The zero-order valence-corrected chi connectivity index (χ0v) is 25.0. The standard InChI is InChI=1S/C38H36N2O4/c1-27(23-24-28-13-4-3-5-14-28)40(26-25-36(41)42)38(44)34-21-11-9-19-32(34)31-18-8-10-20-33(31)37(43)39(2)35-22-12-16-29-15-6-7-17-30(29)35/h3-22,27H,23-26H2,1-2H3,(H,41,42). The molecule has 0 aliphatic rings. The highest BCUT2D eigenvalue weighted by molar-refractivity contribution is 6.14. The SMILES string of the molecule is CC(CCc1ccccc1)N(CCC(=O)O)C(=O)c1ccccc1-c1ccccc1C(=O)N(C)c1cccc2ccccc12. The molecular formula is C38H36N2O4. The van der Waals surface area contributed by atoms with Crippen molar-refractivity contribution in [1.29, 1.82) is 0 Å². The van der Waals surface area contributed by atoms with Crippen LogP contribution in [0.1, 0.15) is 46.0 Å². The van der Waals surface area contributed by atoms with E-state index in [4.69, 9.17) is 0 Å². The second-order valence-corrected chi connectivity index (χ2v) is 11.0. The molecule has 5 rings (SSSR count). The summed E-state index contributed by atoms with van der Waals surface area (Å²) in [5.74, 6) is -1.41. The third kappa shape index (κ3) is 6.70. The number of carbonyl (C=O) groups excluding carboxylic acids is 2. The van der Waals surface area contributed by atoms with Gasteiger partial charge < -0.3 is 14.9 Å². The summed E-state index contributed by atoms with van der Waals surface area (Å²) in [4.78, 5) is 43.2. The van der Waals surface area contributed by atoms with Crippen LogP contribution in [-0.4, -0.2) is 47.4 Å². The molecule has 0 saturated heterocycles. The van der Waals surface area contributed by atoms with Crippen molar-refractivity contribution in [2.75, 3.05) is 18.5 Å². The number of carboxylic acid groups (broad SMARTS) is 1. The molecule has 5 aromatic carbocycles. The summed E-state index contributed by atoms with van der Waals surface area (Å²) >= 11 is 0. The Balaban J connectivity index is 1.48. The Hall–Kier alpha value is -5.23. The lowest BCUT2D eigenvalue weighted by atomic mass is 9.93. The van der Waals surface area contributed by atoms with Crippen LogP contribution in [0.3, 0.4) is 0 Å². The average molecular weight is 585 g/mol. The Kier molecular flexibility index (Phi) is 9.50. The van der Waals surface area contributed by atoms with E-state index in [1.807, 2.05) is 97.9 Å². The largest absolute Gasteiger partial charge is 0.481 e. The van der Waals surface area contributed by atoms with Gasteiger partial charge in [0.05, 0.1) is 12.1 Å². The molecule has 1 N–H and O–H groups in total. The van der Waals surface area contributed by atoms with E-state index in [2.05, 4.69) is 12.1 Å². The Morgan fingerprint density at radius 1 is 0.682 bits per heavy atom. The molecule has 0 saturated carbocycles. The van der Waals surface area contributed by atoms with Crippen LogP contribution in [0.25, 0.3) is 21.9 Å². The van der Waals surface area contributed by atoms with Crippen molar-refractivity contribution in [3.8, 4) is 11.1 Å². The second-order valence-electron chi connectivity index (χ2n) is 11.0. The van der Waals surface area contributed by atoms with Gasteiger partial charge in [0.1, 0.15) is 0 Å². The van der Waals surface area contributed by atoms with E-state index in [9.17, 15) is 19.5 Å². The molecule has 0 bridgehead atoms. The van der Waals surface area contributed by atoms with Crippen LogP contribution in [-0.2, 0) is 11.2 Å². The number of amides is 2. The third-order valence-electron chi connectivity index (χ3n) is 8.09. The lowest BCUT2D eigenvalue weighted by Gasteiger charge is -2.30. The number of anilines is 1. The van der Waals surface area contributed by atoms with Gasteiger partial charge in [0.15, 0.2) is 0 Å². The van der Waals surface area contributed by atoms with E-state index in [1.54, 1.807) is 35.0 Å². The third-order valence-corrected chi connectivity index (χ3v) is 8.09. The summed E-state index contributed by atoms with van der Waals surface area (Å²) in [6.45, 7) is 2.05. The summed E-state index contributed by atoms with van der Waals surface area (Å²) in [6, 6.07) is 38.2. The van der Waals surface area contributed by atoms with Crippen LogP contribution in [0.5, 0.6) is 0 Å². The summed E-state index contributed by atoms with van der Waals surface area (Å²) in [6.07, 6.45) is 1.29. The van der Waals surface area contributed by atoms with Crippen molar-refractivity contribution in [3.05, 3.63) is 138 Å². The lowest BCUT2D eigenvalue weighted by Crippen LogP contribution is -2.40. The molecule has 2 amide bonds. The molecule has 0 radical (unpaired) electrons. The highest BCUT2D eigenvalue weighted by Crippen LogP contribution is 2.32. The number of nitrogens with zero attached hydrogens (tertiary/aromatic N) is 2. The Morgan fingerprint density at radius 2 is 1.25 bits per heavy atom. The zero-order chi connectivity index (χ0) is 31.1.